The van der Waals surface area contributed by atoms with Crippen molar-refractivity contribution in [1.82, 2.24) is 5.32 Å². The predicted octanol–water partition coefficient (Wildman–Crippen LogP) is 5.04. The third-order valence-corrected chi connectivity index (χ3v) is 5.55. The Hall–Kier alpha value is -2.38. The molecule has 7 heteroatoms. The van der Waals surface area contributed by atoms with E-state index in [4.69, 9.17) is 9.47 Å². The van der Waals surface area contributed by atoms with Crippen LogP contribution in [-0.4, -0.2) is 37.7 Å². The van der Waals surface area contributed by atoms with E-state index in [1.165, 1.54) is 0 Å². The Morgan fingerprint density at radius 2 is 1.94 bits per heavy atom. The molecule has 2 amide bonds. The van der Waals surface area contributed by atoms with E-state index in [9.17, 15) is 9.59 Å². The molecule has 0 saturated carbocycles. The number of halogens is 1. The van der Waals surface area contributed by atoms with Crippen molar-refractivity contribution in [1.29, 1.82) is 0 Å². The Kier molecular flexibility index (Phi) is 8.49. The summed E-state index contributed by atoms with van der Waals surface area (Å²) in [6.45, 7) is 6.09. The van der Waals surface area contributed by atoms with Crippen molar-refractivity contribution < 1.29 is 19.1 Å². The average Bonchev–Trinajstić information content (AvgIpc) is 3.27. The maximum Gasteiger partial charge on any atom is 0.259 e. The van der Waals surface area contributed by atoms with Gasteiger partial charge in [0.1, 0.15) is 5.75 Å². The summed E-state index contributed by atoms with van der Waals surface area (Å²) in [6, 6.07) is 12.2. The van der Waals surface area contributed by atoms with Gasteiger partial charge in [-0.25, -0.2) is 0 Å². The minimum Gasteiger partial charge on any atom is -0.493 e. The Morgan fingerprint density at radius 3 is 2.61 bits per heavy atom. The number of ether oxygens (including phenoxy) is 2. The molecule has 2 aromatic carbocycles. The molecule has 0 bridgehead atoms. The summed E-state index contributed by atoms with van der Waals surface area (Å²) in [4.78, 5) is 25.2. The molecule has 1 fully saturated rings. The van der Waals surface area contributed by atoms with Gasteiger partial charge in [0.2, 0.25) is 0 Å². The van der Waals surface area contributed by atoms with E-state index in [-0.39, 0.29) is 17.9 Å². The molecule has 2 N–H and O–H groups in total. The lowest BCUT2D eigenvalue weighted by Crippen LogP contribution is -2.31. The highest BCUT2D eigenvalue weighted by Gasteiger charge is 2.17. The average molecular weight is 489 g/mol. The molecule has 3 rings (SSSR count). The van der Waals surface area contributed by atoms with E-state index in [0.29, 0.717) is 41.6 Å². The zero-order valence-electron chi connectivity index (χ0n) is 17.9. The maximum atomic E-state index is 12.8. The zero-order valence-corrected chi connectivity index (χ0v) is 19.5. The van der Waals surface area contributed by atoms with Gasteiger partial charge in [-0.3, -0.25) is 9.59 Å². The third-order valence-electron chi connectivity index (χ3n) is 5.06. The van der Waals surface area contributed by atoms with Crippen LogP contribution in [0.4, 0.5) is 5.69 Å². The number of benzene rings is 2. The summed E-state index contributed by atoms with van der Waals surface area (Å²) in [5.74, 6) is 0.651. The van der Waals surface area contributed by atoms with E-state index < -0.39 is 0 Å². The van der Waals surface area contributed by atoms with Gasteiger partial charge < -0.3 is 20.1 Å². The summed E-state index contributed by atoms with van der Waals surface area (Å²) in [5, 5.41) is 5.77. The molecule has 0 aliphatic carbocycles. The van der Waals surface area contributed by atoms with Crippen molar-refractivity contribution in [3.63, 3.8) is 0 Å². The molecule has 1 atom stereocenters. The lowest BCUT2D eigenvalue weighted by molar-refractivity contribution is 0.0857. The number of nitrogens with one attached hydrogen (secondary N) is 2. The van der Waals surface area contributed by atoms with Gasteiger partial charge in [-0.05, 0) is 67.6 Å². The van der Waals surface area contributed by atoms with Crippen LogP contribution in [0.5, 0.6) is 5.75 Å². The van der Waals surface area contributed by atoms with Crippen LogP contribution in [0.15, 0.2) is 46.9 Å². The van der Waals surface area contributed by atoms with Crippen molar-refractivity contribution in [2.45, 2.75) is 39.2 Å². The highest BCUT2D eigenvalue weighted by Crippen LogP contribution is 2.25. The fourth-order valence-corrected chi connectivity index (χ4v) is 3.59. The fourth-order valence-electron chi connectivity index (χ4n) is 3.23. The van der Waals surface area contributed by atoms with Gasteiger partial charge in [-0.2, -0.15) is 0 Å². The van der Waals surface area contributed by atoms with Crippen LogP contribution in [0.25, 0.3) is 0 Å². The van der Waals surface area contributed by atoms with Gasteiger partial charge >= 0.3 is 0 Å². The normalized spacial score (nSPS) is 15.7. The van der Waals surface area contributed by atoms with E-state index in [0.717, 1.165) is 30.3 Å². The van der Waals surface area contributed by atoms with Crippen LogP contribution in [0, 0.1) is 5.92 Å². The first-order valence-corrected chi connectivity index (χ1v) is 11.4. The molecule has 1 saturated heterocycles. The molecule has 31 heavy (non-hydrogen) atoms. The van der Waals surface area contributed by atoms with Gasteiger partial charge in [-0.15, -0.1) is 0 Å². The second-order valence-electron chi connectivity index (χ2n) is 8.05. The number of carbonyl (C=O) groups is 2. The van der Waals surface area contributed by atoms with Crippen LogP contribution in [0.3, 0.4) is 0 Å². The van der Waals surface area contributed by atoms with Gasteiger partial charge in [0.25, 0.3) is 11.8 Å². The molecule has 166 valence electrons. The van der Waals surface area contributed by atoms with Gasteiger partial charge in [0, 0.05) is 28.9 Å². The van der Waals surface area contributed by atoms with Gasteiger partial charge in [0.15, 0.2) is 0 Å². The lowest BCUT2D eigenvalue weighted by Gasteiger charge is -2.14. The van der Waals surface area contributed by atoms with E-state index in [1.807, 2.05) is 6.07 Å². The highest BCUT2D eigenvalue weighted by molar-refractivity contribution is 9.10. The monoisotopic (exact) mass is 488 g/mol. The Labute approximate surface area is 191 Å². The quantitative estimate of drug-likeness (QED) is 0.518. The topological polar surface area (TPSA) is 76.7 Å². The minimum atomic E-state index is -0.267. The van der Waals surface area contributed by atoms with Crippen LogP contribution >= 0.6 is 15.9 Å². The molecule has 2 aromatic rings. The smallest absolute Gasteiger partial charge is 0.259 e. The van der Waals surface area contributed by atoms with Crippen molar-refractivity contribution in [2.24, 2.45) is 5.92 Å². The summed E-state index contributed by atoms with van der Waals surface area (Å²) < 4.78 is 12.2. The van der Waals surface area contributed by atoms with Crippen molar-refractivity contribution in [3.8, 4) is 5.75 Å². The SMILES string of the molecule is CC(C)CCOc1ccc(Br)cc1C(=O)Nc1ccc(C(=O)NCC2CCCO2)cc1. The fraction of sp³-hybridized carbons (Fsp3) is 0.417. The van der Waals surface area contributed by atoms with Crippen molar-refractivity contribution in [3.05, 3.63) is 58.1 Å². The molecule has 1 aliphatic rings. The summed E-state index contributed by atoms with van der Waals surface area (Å²) >= 11 is 3.42. The molecule has 1 unspecified atom stereocenters. The second kappa shape index (κ2) is 11.3. The number of hydrogen-bond donors (Lipinski definition) is 2. The first kappa shape index (κ1) is 23.3. The van der Waals surface area contributed by atoms with Gasteiger partial charge in [-0.1, -0.05) is 29.8 Å². The van der Waals surface area contributed by atoms with Crippen LogP contribution in [0.1, 0.15) is 53.8 Å². The largest absolute Gasteiger partial charge is 0.493 e. The van der Waals surface area contributed by atoms with Gasteiger partial charge in [0.05, 0.1) is 18.3 Å². The third kappa shape index (κ3) is 7.08. The predicted molar refractivity (Wildman–Crippen MR) is 125 cm³/mol. The summed E-state index contributed by atoms with van der Waals surface area (Å²) in [7, 11) is 0. The molecule has 0 aromatic heterocycles. The minimum absolute atomic E-state index is 0.102. The van der Waals surface area contributed by atoms with Crippen LogP contribution < -0.4 is 15.4 Å². The number of rotatable bonds is 9. The maximum absolute atomic E-state index is 12.8. The number of hydrogen-bond acceptors (Lipinski definition) is 4. The molecular formula is C24H29BrN2O4. The van der Waals surface area contributed by atoms with E-state index >= 15 is 0 Å². The van der Waals surface area contributed by atoms with Crippen molar-refractivity contribution >= 4 is 33.4 Å². The number of amides is 2. The molecule has 0 spiro atoms. The first-order valence-electron chi connectivity index (χ1n) is 10.7. The molecule has 1 heterocycles. The Bertz CT molecular complexity index is 893. The zero-order chi connectivity index (χ0) is 22.2. The summed E-state index contributed by atoms with van der Waals surface area (Å²) in [6.07, 6.45) is 3.03. The van der Waals surface area contributed by atoms with E-state index in [2.05, 4.69) is 40.4 Å². The first-order chi connectivity index (χ1) is 14.9. The van der Waals surface area contributed by atoms with Crippen LogP contribution in [-0.2, 0) is 4.74 Å². The highest BCUT2D eigenvalue weighted by atomic mass is 79.9. The van der Waals surface area contributed by atoms with Crippen LogP contribution in [0.2, 0.25) is 0 Å². The Balaban J connectivity index is 1.59. The number of anilines is 1. The number of carbonyl (C=O) groups excluding carboxylic acids is 2. The summed E-state index contributed by atoms with van der Waals surface area (Å²) in [5.41, 5.74) is 1.60. The Morgan fingerprint density at radius 1 is 1.16 bits per heavy atom. The lowest BCUT2D eigenvalue weighted by atomic mass is 10.1. The molecule has 6 nitrogen and oxygen atoms in total. The molecule has 1 aliphatic heterocycles. The van der Waals surface area contributed by atoms with E-state index in [1.54, 1.807) is 36.4 Å². The second-order valence-corrected chi connectivity index (χ2v) is 8.96. The standard InChI is InChI=1S/C24H29BrN2O4/c1-16(2)11-13-31-22-10-7-18(25)14-21(22)24(29)27-19-8-5-17(6-9-19)23(28)26-15-20-4-3-12-30-20/h5-10,14,16,20H,3-4,11-13,15H2,1-2H3,(H,26,28)(H,27,29). The molecule has 0 radical (unpaired) electrons. The van der Waals surface area contributed by atoms with Crippen molar-refractivity contribution in [2.75, 3.05) is 25.1 Å². The molecular weight excluding hydrogens is 460 g/mol.